The highest BCUT2D eigenvalue weighted by atomic mass is 35.5. The van der Waals surface area contributed by atoms with Crippen LogP contribution in [-0.2, 0) is 6.18 Å². The summed E-state index contributed by atoms with van der Waals surface area (Å²) in [6.45, 7) is 1.92. The SMILES string of the molecule is CCOc1cn(-c2ccc(F)cc2)nc1C(=O)Nc1cc(C(F)(F)F)ccc1Cl. The third kappa shape index (κ3) is 4.68. The number of ether oxygens (including phenoxy) is 1. The van der Waals surface area contributed by atoms with E-state index in [0.29, 0.717) is 5.69 Å². The molecule has 1 N–H and O–H groups in total. The van der Waals surface area contributed by atoms with Gasteiger partial charge in [-0.3, -0.25) is 4.79 Å². The zero-order chi connectivity index (χ0) is 21.2. The van der Waals surface area contributed by atoms with Crippen molar-refractivity contribution in [3.05, 3.63) is 70.8 Å². The Morgan fingerprint density at radius 3 is 2.52 bits per heavy atom. The first-order valence-electron chi connectivity index (χ1n) is 8.35. The van der Waals surface area contributed by atoms with Gasteiger partial charge in [-0.25, -0.2) is 9.07 Å². The Hall–Kier alpha value is -3.07. The summed E-state index contributed by atoms with van der Waals surface area (Å²) in [5.74, 6) is -1.14. The number of nitrogens with zero attached hydrogens (tertiary/aromatic N) is 2. The third-order valence-electron chi connectivity index (χ3n) is 3.83. The lowest BCUT2D eigenvalue weighted by atomic mass is 10.2. The molecule has 0 aliphatic heterocycles. The Labute approximate surface area is 167 Å². The molecule has 0 saturated carbocycles. The molecule has 3 rings (SSSR count). The van der Waals surface area contributed by atoms with Crippen LogP contribution in [0, 0.1) is 5.82 Å². The Balaban J connectivity index is 1.94. The number of rotatable bonds is 5. The van der Waals surface area contributed by atoms with Gasteiger partial charge in [0, 0.05) is 0 Å². The fourth-order valence-corrected chi connectivity index (χ4v) is 2.65. The molecule has 3 aromatic rings. The van der Waals surface area contributed by atoms with Gasteiger partial charge in [0.2, 0.25) is 0 Å². The monoisotopic (exact) mass is 427 g/mol. The average molecular weight is 428 g/mol. The standard InChI is InChI=1S/C19H14ClF4N3O2/c1-2-29-16-10-27(13-6-4-12(21)5-7-13)26-17(16)18(28)25-15-9-11(19(22,23)24)3-8-14(15)20/h3-10H,2H2,1H3,(H,25,28). The molecule has 0 unspecified atom stereocenters. The molecule has 0 fully saturated rings. The molecule has 0 atom stereocenters. The predicted molar refractivity (Wildman–Crippen MR) is 99.1 cm³/mol. The second kappa shape index (κ2) is 8.12. The van der Waals surface area contributed by atoms with Crippen LogP contribution in [0.5, 0.6) is 5.75 Å². The largest absolute Gasteiger partial charge is 0.490 e. The number of carbonyl (C=O) groups excluding carboxylic acids is 1. The van der Waals surface area contributed by atoms with Crippen LogP contribution in [0.2, 0.25) is 5.02 Å². The van der Waals surface area contributed by atoms with E-state index in [0.717, 1.165) is 18.2 Å². The molecular weight excluding hydrogens is 414 g/mol. The second-order valence-corrected chi connectivity index (χ2v) is 6.25. The van der Waals surface area contributed by atoms with Gasteiger partial charge in [0.15, 0.2) is 11.4 Å². The van der Waals surface area contributed by atoms with E-state index in [-0.39, 0.29) is 28.8 Å². The highest BCUT2D eigenvalue weighted by Crippen LogP contribution is 2.34. The number of alkyl halides is 3. The van der Waals surface area contributed by atoms with Crippen LogP contribution in [0.25, 0.3) is 5.69 Å². The molecule has 5 nitrogen and oxygen atoms in total. The Morgan fingerprint density at radius 2 is 1.90 bits per heavy atom. The van der Waals surface area contributed by atoms with Gasteiger partial charge in [-0.1, -0.05) is 11.6 Å². The van der Waals surface area contributed by atoms with Gasteiger partial charge in [-0.15, -0.1) is 0 Å². The van der Waals surface area contributed by atoms with E-state index >= 15 is 0 Å². The van der Waals surface area contributed by atoms with Crippen LogP contribution in [0.4, 0.5) is 23.2 Å². The van der Waals surface area contributed by atoms with Crippen molar-refractivity contribution >= 4 is 23.2 Å². The molecule has 1 heterocycles. The fraction of sp³-hybridized carbons (Fsp3) is 0.158. The molecule has 0 spiro atoms. The van der Waals surface area contributed by atoms with Crippen molar-refractivity contribution in [3.63, 3.8) is 0 Å². The zero-order valence-electron chi connectivity index (χ0n) is 14.9. The molecule has 1 aromatic heterocycles. The lowest BCUT2D eigenvalue weighted by Crippen LogP contribution is -2.16. The van der Waals surface area contributed by atoms with Crippen molar-refractivity contribution in [2.24, 2.45) is 0 Å². The summed E-state index contributed by atoms with van der Waals surface area (Å²) < 4.78 is 58.6. The van der Waals surface area contributed by atoms with E-state index in [1.165, 1.54) is 35.1 Å². The number of anilines is 1. The Kier molecular flexibility index (Phi) is 5.78. The summed E-state index contributed by atoms with van der Waals surface area (Å²) >= 11 is 5.92. The summed E-state index contributed by atoms with van der Waals surface area (Å²) in [5, 5.41) is 6.38. The normalized spacial score (nSPS) is 11.4. The van der Waals surface area contributed by atoms with Crippen molar-refractivity contribution in [1.29, 1.82) is 0 Å². The number of nitrogens with one attached hydrogen (secondary N) is 1. The molecule has 0 aliphatic rings. The van der Waals surface area contributed by atoms with Gasteiger partial charge in [-0.2, -0.15) is 18.3 Å². The second-order valence-electron chi connectivity index (χ2n) is 5.84. The first-order chi connectivity index (χ1) is 13.7. The summed E-state index contributed by atoms with van der Waals surface area (Å²) in [6, 6.07) is 7.93. The molecule has 29 heavy (non-hydrogen) atoms. The van der Waals surface area contributed by atoms with Crippen molar-refractivity contribution in [3.8, 4) is 11.4 Å². The molecular formula is C19H14ClF4N3O2. The smallest absolute Gasteiger partial charge is 0.416 e. The first-order valence-corrected chi connectivity index (χ1v) is 8.73. The molecule has 1 amide bonds. The lowest BCUT2D eigenvalue weighted by molar-refractivity contribution is -0.137. The van der Waals surface area contributed by atoms with Crippen LogP contribution in [0.15, 0.2) is 48.7 Å². The maximum atomic E-state index is 13.1. The van der Waals surface area contributed by atoms with Gasteiger partial charge in [0.25, 0.3) is 5.91 Å². The highest BCUT2D eigenvalue weighted by Gasteiger charge is 2.31. The molecule has 0 radical (unpaired) electrons. The minimum Gasteiger partial charge on any atom is -0.490 e. The van der Waals surface area contributed by atoms with Crippen molar-refractivity contribution in [1.82, 2.24) is 9.78 Å². The lowest BCUT2D eigenvalue weighted by Gasteiger charge is -2.11. The van der Waals surface area contributed by atoms with Gasteiger partial charge >= 0.3 is 6.18 Å². The van der Waals surface area contributed by atoms with E-state index in [1.54, 1.807) is 6.92 Å². The average Bonchev–Trinajstić information content (AvgIpc) is 3.07. The maximum Gasteiger partial charge on any atom is 0.416 e. The van der Waals surface area contributed by atoms with Crippen LogP contribution in [-0.4, -0.2) is 22.3 Å². The van der Waals surface area contributed by atoms with Crippen molar-refractivity contribution in [2.45, 2.75) is 13.1 Å². The van der Waals surface area contributed by atoms with Crippen molar-refractivity contribution in [2.75, 3.05) is 11.9 Å². The Morgan fingerprint density at radius 1 is 1.21 bits per heavy atom. The number of aromatic nitrogens is 2. The number of amides is 1. The van der Waals surface area contributed by atoms with E-state index < -0.39 is 23.5 Å². The van der Waals surface area contributed by atoms with E-state index in [1.807, 2.05) is 0 Å². The van der Waals surface area contributed by atoms with Crippen molar-refractivity contribution < 1.29 is 27.1 Å². The summed E-state index contributed by atoms with van der Waals surface area (Å²) in [7, 11) is 0. The topological polar surface area (TPSA) is 56.2 Å². The van der Waals surface area contributed by atoms with Crippen LogP contribution in [0.1, 0.15) is 23.0 Å². The summed E-state index contributed by atoms with van der Waals surface area (Å²) in [4.78, 5) is 12.7. The molecule has 152 valence electrons. The van der Waals surface area contributed by atoms with E-state index in [2.05, 4.69) is 10.4 Å². The molecule has 2 aromatic carbocycles. The number of halogens is 5. The summed E-state index contributed by atoms with van der Waals surface area (Å²) in [5.41, 5.74) is -0.877. The quantitative estimate of drug-likeness (QED) is 0.559. The minimum absolute atomic E-state index is 0.0673. The fourth-order valence-electron chi connectivity index (χ4n) is 2.48. The molecule has 10 heteroatoms. The zero-order valence-corrected chi connectivity index (χ0v) is 15.7. The van der Waals surface area contributed by atoms with Crippen LogP contribution >= 0.6 is 11.6 Å². The van der Waals surface area contributed by atoms with Crippen LogP contribution < -0.4 is 10.1 Å². The van der Waals surface area contributed by atoms with Gasteiger partial charge < -0.3 is 10.1 Å². The van der Waals surface area contributed by atoms with E-state index in [9.17, 15) is 22.4 Å². The maximum absolute atomic E-state index is 13.1. The molecule has 0 aliphatic carbocycles. The van der Waals surface area contributed by atoms with Crippen LogP contribution in [0.3, 0.4) is 0 Å². The number of hydrogen-bond acceptors (Lipinski definition) is 3. The Bertz CT molecular complexity index is 1030. The van der Waals surface area contributed by atoms with E-state index in [4.69, 9.17) is 16.3 Å². The van der Waals surface area contributed by atoms with Gasteiger partial charge in [-0.05, 0) is 49.4 Å². The molecule has 0 bridgehead atoms. The van der Waals surface area contributed by atoms with Gasteiger partial charge in [0.1, 0.15) is 5.82 Å². The third-order valence-corrected chi connectivity index (χ3v) is 4.16. The number of carbonyl (C=O) groups is 1. The highest BCUT2D eigenvalue weighted by molar-refractivity contribution is 6.34. The number of hydrogen-bond donors (Lipinski definition) is 1. The first kappa shape index (κ1) is 20.7. The van der Waals surface area contributed by atoms with Gasteiger partial charge in [0.05, 0.1) is 34.8 Å². The molecule has 0 saturated heterocycles. The summed E-state index contributed by atoms with van der Waals surface area (Å²) in [6.07, 6.45) is -3.18. The number of benzene rings is 2. The predicted octanol–water partition coefficient (Wildman–Crippen LogP) is 5.33. The minimum atomic E-state index is -4.59.